The van der Waals surface area contributed by atoms with Crippen LogP contribution in [-0.2, 0) is 10.2 Å². The first-order chi connectivity index (χ1) is 7.00. The number of hydrogen-bond donors (Lipinski definition) is 1. The van der Waals surface area contributed by atoms with Crippen LogP contribution in [0.1, 0.15) is 0 Å². The Kier molecular flexibility index (Phi) is 8.54. The first kappa shape index (κ1) is 27.4. The summed E-state index contributed by atoms with van der Waals surface area (Å²) >= 11 is 0. The summed E-state index contributed by atoms with van der Waals surface area (Å²) in [6.45, 7) is 0. The molecule has 0 fully saturated rings. The van der Waals surface area contributed by atoms with Gasteiger partial charge in [0.2, 0.25) is 0 Å². The normalized spacial score (nSPS) is 13.7. The standard InChI is InChI=1S/C4F10O2S.2FH.H3N/c5-1(6,3(9,10)11)2(7,8)4(12,13)17(14,15)16;;;/h;2*1H;1H3. The molecule has 0 aliphatic carbocycles. The van der Waals surface area contributed by atoms with Crippen molar-refractivity contribution in [2.45, 2.75) is 23.3 Å². The molecule has 16 heteroatoms. The third-order valence-electron chi connectivity index (χ3n) is 1.42. The van der Waals surface area contributed by atoms with Crippen molar-refractivity contribution in [2.75, 3.05) is 0 Å². The fourth-order valence-corrected chi connectivity index (χ4v) is 0.948. The van der Waals surface area contributed by atoms with Gasteiger partial charge in [-0.3, -0.25) is 9.41 Å². The Bertz CT molecular complexity index is 398. The van der Waals surface area contributed by atoms with Gasteiger partial charge < -0.3 is 6.15 Å². The average Bonchev–Trinajstić information content (AvgIpc) is 1.98. The van der Waals surface area contributed by atoms with E-state index in [4.69, 9.17) is 0 Å². The third kappa shape index (κ3) is 3.58. The minimum atomic E-state index is -7.67. The Hall–Kier alpha value is -0.930. The molecule has 0 heterocycles. The van der Waals surface area contributed by atoms with E-state index in [1.165, 1.54) is 0 Å². The Labute approximate surface area is 102 Å². The Morgan fingerprint density at radius 2 is 0.900 bits per heavy atom. The summed E-state index contributed by atoms with van der Waals surface area (Å²) < 4.78 is 137. The number of rotatable bonds is 3. The van der Waals surface area contributed by atoms with Crippen molar-refractivity contribution < 1.29 is 61.2 Å². The summed E-state index contributed by atoms with van der Waals surface area (Å²) in [5.41, 5.74) is 0. The molecule has 128 valence electrons. The van der Waals surface area contributed by atoms with E-state index in [0.717, 1.165) is 0 Å². The molecule has 0 bridgehead atoms. The van der Waals surface area contributed by atoms with Gasteiger partial charge >= 0.3 is 33.5 Å². The van der Waals surface area contributed by atoms with Crippen molar-refractivity contribution >= 4 is 10.2 Å². The molecule has 0 atom stereocenters. The lowest BCUT2D eigenvalue weighted by Gasteiger charge is -2.31. The quantitative estimate of drug-likeness (QED) is 0.622. The largest absolute Gasteiger partial charge is 0.460 e. The van der Waals surface area contributed by atoms with Crippen LogP contribution >= 0.6 is 0 Å². The van der Waals surface area contributed by atoms with Gasteiger partial charge in [0, 0.05) is 0 Å². The van der Waals surface area contributed by atoms with Gasteiger partial charge in [-0.05, 0) is 0 Å². The second-order valence-corrected chi connectivity index (χ2v) is 3.99. The molecule has 0 aromatic carbocycles. The molecule has 0 spiro atoms. The molecule has 0 rings (SSSR count). The van der Waals surface area contributed by atoms with Gasteiger partial charge in [-0.15, -0.1) is 0 Å². The number of alkyl halides is 9. The lowest BCUT2D eigenvalue weighted by Crippen LogP contribution is -2.62. The van der Waals surface area contributed by atoms with Crippen molar-refractivity contribution in [2.24, 2.45) is 0 Å². The van der Waals surface area contributed by atoms with Crippen LogP contribution in [-0.4, -0.2) is 31.7 Å². The highest BCUT2D eigenvalue weighted by Gasteiger charge is 2.85. The summed E-state index contributed by atoms with van der Waals surface area (Å²) in [5, 5.41) is -7.22. The number of hydrogen-bond acceptors (Lipinski definition) is 3. The molecule has 3 N–H and O–H groups in total. The third-order valence-corrected chi connectivity index (χ3v) is 2.29. The topological polar surface area (TPSA) is 69.1 Å². The van der Waals surface area contributed by atoms with E-state index in [9.17, 15) is 51.8 Å². The first-order valence-corrected chi connectivity index (χ1v) is 4.53. The van der Waals surface area contributed by atoms with Crippen LogP contribution in [0.15, 0.2) is 0 Å². The highest BCUT2D eigenvalue weighted by atomic mass is 32.3. The zero-order valence-electron chi connectivity index (χ0n) is 8.53. The Morgan fingerprint density at radius 1 is 0.650 bits per heavy atom. The maximum atomic E-state index is 12.1. The summed E-state index contributed by atoms with van der Waals surface area (Å²) in [4.78, 5) is 0. The van der Waals surface area contributed by atoms with Gasteiger partial charge in [0.25, 0.3) is 0 Å². The van der Waals surface area contributed by atoms with Crippen molar-refractivity contribution in [3.63, 3.8) is 0 Å². The maximum Gasteiger partial charge on any atom is 0.460 e. The van der Waals surface area contributed by atoms with E-state index in [2.05, 4.69) is 0 Å². The fraction of sp³-hybridized carbons (Fsp3) is 1.00. The van der Waals surface area contributed by atoms with Crippen LogP contribution in [0.4, 0.5) is 52.8 Å². The molecular weight excluding hydrogens is 354 g/mol. The molecule has 0 saturated carbocycles. The number of halogens is 12. The van der Waals surface area contributed by atoms with Crippen LogP contribution in [0.5, 0.6) is 0 Å². The van der Waals surface area contributed by atoms with Crippen molar-refractivity contribution in [1.29, 1.82) is 0 Å². The van der Waals surface area contributed by atoms with Crippen LogP contribution in [0, 0.1) is 0 Å². The van der Waals surface area contributed by atoms with Gasteiger partial charge in [0.15, 0.2) is 0 Å². The van der Waals surface area contributed by atoms with Crippen molar-refractivity contribution in [1.82, 2.24) is 6.15 Å². The predicted molar refractivity (Wildman–Crippen MR) is 41.0 cm³/mol. The average molecular weight is 359 g/mol. The van der Waals surface area contributed by atoms with Gasteiger partial charge in [-0.25, -0.2) is 0 Å². The minimum absolute atomic E-state index is 0. The van der Waals surface area contributed by atoms with Crippen molar-refractivity contribution in [3.05, 3.63) is 0 Å². The molecule has 0 aliphatic heterocycles. The van der Waals surface area contributed by atoms with E-state index in [1.54, 1.807) is 0 Å². The molecule has 0 radical (unpaired) electrons. The summed E-state index contributed by atoms with van der Waals surface area (Å²) in [6.07, 6.45) is -7.19. The monoisotopic (exact) mass is 359 g/mol. The van der Waals surface area contributed by atoms with Crippen LogP contribution in [0.3, 0.4) is 0 Å². The van der Waals surface area contributed by atoms with Gasteiger partial charge in [-0.1, -0.05) is 3.89 Å². The SMILES string of the molecule is F.F.N.O=S(=O)(F)C(F)(F)C(F)(F)C(F)(F)C(F)(F)F. The molecule has 0 unspecified atom stereocenters. The predicted octanol–water partition coefficient (Wildman–Crippen LogP) is 3.18. The molecular formula is C4H5F12NO2S. The van der Waals surface area contributed by atoms with E-state index in [-0.39, 0.29) is 15.6 Å². The Morgan fingerprint density at radius 3 is 1.05 bits per heavy atom. The first-order valence-electron chi connectivity index (χ1n) is 3.14. The van der Waals surface area contributed by atoms with E-state index in [0.29, 0.717) is 0 Å². The van der Waals surface area contributed by atoms with E-state index < -0.39 is 33.5 Å². The zero-order valence-corrected chi connectivity index (χ0v) is 9.34. The maximum absolute atomic E-state index is 12.1. The minimum Gasteiger partial charge on any atom is -0.344 e. The van der Waals surface area contributed by atoms with Gasteiger partial charge in [0.05, 0.1) is 0 Å². The second kappa shape index (κ2) is 6.23. The molecule has 0 saturated heterocycles. The zero-order chi connectivity index (χ0) is 14.5. The highest BCUT2D eigenvalue weighted by Crippen LogP contribution is 2.54. The van der Waals surface area contributed by atoms with Gasteiger partial charge in [0.1, 0.15) is 0 Å². The van der Waals surface area contributed by atoms with Crippen molar-refractivity contribution in [3.8, 4) is 0 Å². The lowest BCUT2D eigenvalue weighted by molar-refractivity contribution is -0.382. The highest BCUT2D eigenvalue weighted by molar-refractivity contribution is 7.87. The van der Waals surface area contributed by atoms with Crippen LogP contribution < -0.4 is 6.15 Å². The summed E-state index contributed by atoms with van der Waals surface area (Å²) in [7, 11) is -7.67. The summed E-state index contributed by atoms with van der Waals surface area (Å²) in [6, 6.07) is 0. The van der Waals surface area contributed by atoms with Crippen LogP contribution in [0.2, 0.25) is 0 Å². The fourth-order valence-electron chi connectivity index (χ4n) is 0.514. The second-order valence-electron chi connectivity index (χ2n) is 2.60. The Balaban J connectivity index is -0.000000427. The van der Waals surface area contributed by atoms with E-state index in [1.807, 2.05) is 0 Å². The molecule has 20 heavy (non-hydrogen) atoms. The summed E-state index contributed by atoms with van der Waals surface area (Å²) in [5.74, 6) is -14.9. The molecule has 0 aromatic heterocycles. The molecule has 0 aliphatic rings. The molecule has 3 nitrogen and oxygen atoms in total. The lowest BCUT2D eigenvalue weighted by atomic mass is 10.1. The van der Waals surface area contributed by atoms with E-state index >= 15 is 0 Å². The van der Waals surface area contributed by atoms with Gasteiger partial charge in [-0.2, -0.15) is 47.9 Å². The molecule has 0 aromatic rings. The molecule has 0 amide bonds. The smallest absolute Gasteiger partial charge is 0.344 e. The van der Waals surface area contributed by atoms with Crippen LogP contribution in [0.25, 0.3) is 0 Å².